The minimum atomic E-state index is -3.34. The molecule has 0 aromatic carbocycles. The molecule has 0 spiro atoms. The van der Waals surface area contributed by atoms with Crippen LogP contribution in [0, 0.1) is 0 Å². The molecule has 0 aromatic rings. The summed E-state index contributed by atoms with van der Waals surface area (Å²) in [5.74, 6) is 0. The number of nitrogens with zero attached hydrogens (tertiary/aromatic N) is 1. The second-order valence-corrected chi connectivity index (χ2v) is 5.69. The molecule has 0 atom stereocenters. The molecule has 7 heteroatoms. The van der Waals surface area contributed by atoms with Gasteiger partial charge in [0.05, 0.1) is 0 Å². The van der Waals surface area contributed by atoms with Crippen LogP contribution in [-0.2, 0) is 13.3 Å². The Labute approximate surface area is 104 Å². The molecule has 0 radical (unpaired) electrons. The lowest BCUT2D eigenvalue weighted by molar-refractivity contribution is -0.263. The molecule has 0 heterocycles. The number of carbonyl (C=O) groups excluding carboxylic acids is 1. The van der Waals surface area contributed by atoms with Gasteiger partial charge in [-0.15, -0.1) is 0 Å². The smallest absolute Gasteiger partial charge is 0.530 e. The molecular weight excluding hydrogens is 242 g/mol. The molecule has 0 bridgehead atoms. The SMILES string of the molecule is CCCN(C(=O)[O-])[Si](OCC)(OCC)OCC. The molecule has 0 unspecified atom stereocenters. The van der Waals surface area contributed by atoms with E-state index in [4.69, 9.17) is 13.3 Å². The van der Waals surface area contributed by atoms with Crippen LogP contribution in [0.4, 0.5) is 4.79 Å². The summed E-state index contributed by atoms with van der Waals surface area (Å²) in [6, 6.07) is 0. The van der Waals surface area contributed by atoms with E-state index in [1.54, 1.807) is 20.8 Å². The summed E-state index contributed by atoms with van der Waals surface area (Å²) in [5.41, 5.74) is 0. The monoisotopic (exact) mass is 264 g/mol. The van der Waals surface area contributed by atoms with E-state index in [1.807, 2.05) is 6.92 Å². The van der Waals surface area contributed by atoms with Crippen LogP contribution < -0.4 is 5.11 Å². The van der Waals surface area contributed by atoms with Gasteiger partial charge < -0.3 is 27.7 Å². The van der Waals surface area contributed by atoms with Crippen molar-refractivity contribution in [1.29, 1.82) is 0 Å². The molecule has 0 fully saturated rings. The van der Waals surface area contributed by atoms with E-state index in [2.05, 4.69) is 0 Å². The third-order valence-corrected chi connectivity index (χ3v) is 5.01. The Morgan fingerprint density at radius 1 is 1.06 bits per heavy atom. The Hall–Kier alpha value is -0.633. The highest BCUT2D eigenvalue weighted by Gasteiger charge is 2.49. The van der Waals surface area contributed by atoms with Gasteiger partial charge in [-0.1, -0.05) is 6.92 Å². The lowest BCUT2D eigenvalue weighted by atomic mass is 10.5. The van der Waals surface area contributed by atoms with Crippen LogP contribution >= 0.6 is 0 Å². The molecule has 0 aromatic heterocycles. The summed E-state index contributed by atoms with van der Waals surface area (Å²) in [6.45, 7) is 8.49. The van der Waals surface area contributed by atoms with E-state index in [1.165, 1.54) is 0 Å². The fraction of sp³-hybridized carbons (Fsp3) is 0.900. The zero-order valence-electron chi connectivity index (χ0n) is 11.0. The van der Waals surface area contributed by atoms with Crippen molar-refractivity contribution in [3.8, 4) is 0 Å². The van der Waals surface area contributed by atoms with Crippen LogP contribution in [0.5, 0.6) is 0 Å². The normalized spacial score (nSPS) is 11.5. The molecular formula is C10H22NO5Si-. The molecule has 0 aliphatic heterocycles. The largest absolute Gasteiger partial charge is 0.634 e. The Bertz CT molecular complexity index is 210. The van der Waals surface area contributed by atoms with Gasteiger partial charge in [0, 0.05) is 26.4 Å². The topological polar surface area (TPSA) is 71.1 Å². The zero-order chi connectivity index (χ0) is 13.3. The minimum Gasteiger partial charge on any atom is -0.530 e. The number of rotatable bonds is 9. The standard InChI is InChI=1S/C10H23NO5Si/c1-5-9-11(10(12)13)17(14-6-2,15-7-3)16-8-4/h5-9H2,1-4H3,(H,12,13)/p-1. The summed E-state index contributed by atoms with van der Waals surface area (Å²) in [5, 5.41) is 11.2. The fourth-order valence-electron chi connectivity index (χ4n) is 1.47. The highest BCUT2D eigenvalue weighted by molar-refractivity contribution is 6.60. The average molecular weight is 264 g/mol. The molecule has 0 saturated heterocycles. The Morgan fingerprint density at radius 3 is 1.71 bits per heavy atom. The molecule has 102 valence electrons. The van der Waals surface area contributed by atoms with E-state index in [0.717, 1.165) is 4.57 Å². The first-order chi connectivity index (χ1) is 8.07. The van der Waals surface area contributed by atoms with Crippen molar-refractivity contribution in [2.45, 2.75) is 34.1 Å². The number of hydrogen-bond donors (Lipinski definition) is 0. The van der Waals surface area contributed by atoms with Crippen LogP contribution in [0.1, 0.15) is 34.1 Å². The maximum atomic E-state index is 11.2. The summed E-state index contributed by atoms with van der Waals surface area (Å²) < 4.78 is 17.5. The van der Waals surface area contributed by atoms with Gasteiger partial charge in [-0.3, -0.25) is 0 Å². The van der Waals surface area contributed by atoms with Crippen LogP contribution in [0.15, 0.2) is 0 Å². The van der Waals surface area contributed by atoms with Crippen molar-refractivity contribution in [2.24, 2.45) is 0 Å². The molecule has 6 nitrogen and oxygen atoms in total. The number of carbonyl (C=O) groups is 1. The summed E-state index contributed by atoms with van der Waals surface area (Å²) in [7, 11) is -3.34. The molecule has 0 rings (SSSR count). The van der Waals surface area contributed by atoms with Crippen molar-refractivity contribution >= 4 is 15.1 Å². The van der Waals surface area contributed by atoms with Crippen LogP contribution in [-0.4, -0.2) is 46.0 Å². The van der Waals surface area contributed by atoms with E-state index < -0.39 is 15.1 Å². The van der Waals surface area contributed by atoms with Gasteiger partial charge in [-0.2, -0.15) is 0 Å². The summed E-state index contributed by atoms with van der Waals surface area (Å²) in [6.07, 6.45) is -0.662. The third-order valence-electron chi connectivity index (χ3n) is 1.98. The molecule has 0 N–H and O–H groups in total. The van der Waals surface area contributed by atoms with Crippen LogP contribution in [0.3, 0.4) is 0 Å². The highest BCUT2D eigenvalue weighted by atomic mass is 28.4. The van der Waals surface area contributed by atoms with Gasteiger partial charge in [-0.25, -0.2) is 0 Å². The van der Waals surface area contributed by atoms with Gasteiger partial charge in [0.2, 0.25) is 0 Å². The maximum absolute atomic E-state index is 11.2. The molecule has 0 aliphatic rings. The van der Waals surface area contributed by atoms with Crippen LogP contribution in [0.25, 0.3) is 0 Å². The highest BCUT2D eigenvalue weighted by Crippen LogP contribution is 2.16. The van der Waals surface area contributed by atoms with Crippen LogP contribution in [0.2, 0.25) is 0 Å². The first-order valence-corrected chi connectivity index (χ1v) is 7.65. The first-order valence-electron chi connectivity index (χ1n) is 5.98. The number of hydrogen-bond acceptors (Lipinski definition) is 5. The zero-order valence-corrected chi connectivity index (χ0v) is 12.0. The molecule has 0 saturated carbocycles. The average Bonchev–Trinajstić information content (AvgIpc) is 2.26. The van der Waals surface area contributed by atoms with Crippen molar-refractivity contribution in [3.05, 3.63) is 0 Å². The first kappa shape index (κ1) is 16.4. The number of amides is 1. The predicted octanol–water partition coefficient (Wildman–Crippen LogP) is 0.587. The second-order valence-electron chi connectivity index (χ2n) is 3.24. The molecule has 17 heavy (non-hydrogen) atoms. The van der Waals surface area contributed by atoms with Crippen molar-refractivity contribution in [2.75, 3.05) is 26.4 Å². The Morgan fingerprint density at radius 2 is 1.47 bits per heavy atom. The minimum absolute atomic E-state index is 0.286. The quantitative estimate of drug-likeness (QED) is 0.570. The van der Waals surface area contributed by atoms with Gasteiger partial charge in [0.25, 0.3) is 0 Å². The lowest BCUT2D eigenvalue weighted by Crippen LogP contribution is -2.66. The van der Waals surface area contributed by atoms with E-state index in [0.29, 0.717) is 26.2 Å². The van der Waals surface area contributed by atoms with E-state index >= 15 is 0 Å². The Kier molecular flexibility index (Phi) is 8.14. The van der Waals surface area contributed by atoms with E-state index in [-0.39, 0.29) is 6.54 Å². The second kappa shape index (κ2) is 8.46. The van der Waals surface area contributed by atoms with Gasteiger partial charge >= 0.3 is 8.97 Å². The number of carboxylic acid groups (broad SMARTS) is 1. The summed E-state index contributed by atoms with van der Waals surface area (Å²) in [4.78, 5) is 11.2. The van der Waals surface area contributed by atoms with Crippen molar-refractivity contribution in [3.63, 3.8) is 0 Å². The Balaban J connectivity index is 5.08. The van der Waals surface area contributed by atoms with Gasteiger partial charge in [0.1, 0.15) is 6.09 Å². The van der Waals surface area contributed by atoms with Gasteiger partial charge in [0.15, 0.2) is 0 Å². The van der Waals surface area contributed by atoms with E-state index in [9.17, 15) is 9.90 Å². The molecule has 1 amide bonds. The summed E-state index contributed by atoms with van der Waals surface area (Å²) >= 11 is 0. The van der Waals surface area contributed by atoms with Crippen molar-refractivity contribution < 1.29 is 23.2 Å². The fourth-order valence-corrected chi connectivity index (χ4v) is 4.00. The maximum Gasteiger partial charge on any atom is 0.634 e. The molecule has 0 aliphatic carbocycles. The van der Waals surface area contributed by atoms with Crippen molar-refractivity contribution in [1.82, 2.24) is 4.57 Å². The lowest BCUT2D eigenvalue weighted by Gasteiger charge is -2.38. The predicted molar refractivity (Wildman–Crippen MR) is 63.0 cm³/mol. The third kappa shape index (κ3) is 4.62. The van der Waals surface area contributed by atoms with Gasteiger partial charge in [-0.05, 0) is 27.2 Å².